The normalized spacial score (nSPS) is 15.1. The van der Waals surface area contributed by atoms with Gasteiger partial charge in [-0.05, 0) is 79.1 Å². The predicted octanol–water partition coefficient (Wildman–Crippen LogP) is 6.47. The molecule has 5 nitrogen and oxygen atoms in total. The summed E-state index contributed by atoms with van der Waals surface area (Å²) in [5.41, 5.74) is 11.0. The minimum absolute atomic E-state index is 0.112. The van der Waals surface area contributed by atoms with Crippen LogP contribution in [0.15, 0.2) is 54.9 Å². The lowest BCUT2D eigenvalue weighted by Gasteiger charge is -2.15. The van der Waals surface area contributed by atoms with E-state index in [1.54, 1.807) is 7.11 Å². The van der Waals surface area contributed by atoms with Gasteiger partial charge in [-0.25, -0.2) is 0 Å². The van der Waals surface area contributed by atoms with Crippen molar-refractivity contribution in [2.45, 2.75) is 45.6 Å². The molecule has 3 N–H and O–H groups in total. The minimum Gasteiger partial charge on any atom is -0.384 e. The van der Waals surface area contributed by atoms with Crippen molar-refractivity contribution in [3.05, 3.63) is 82.8 Å². The van der Waals surface area contributed by atoms with E-state index in [9.17, 15) is 0 Å². The van der Waals surface area contributed by atoms with Gasteiger partial charge in [0, 0.05) is 54.0 Å². The average molecular weight is 441 g/mol. The van der Waals surface area contributed by atoms with Gasteiger partial charge in [0.2, 0.25) is 0 Å². The summed E-state index contributed by atoms with van der Waals surface area (Å²) in [5, 5.41) is 8.56. The Morgan fingerprint density at radius 2 is 2.03 bits per heavy atom. The number of benzene rings is 2. The van der Waals surface area contributed by atoms with Gasteiger partial charge >= 0.3 is 0 Å². The summed E-state index contributed by atoms with van der Waals surface area (Å²) in [4.78, 5) is 8.03. The van der Waals surface area contributed by atoms with E-state index in [1.807, 2.05) is 6.20 Å². The molecule has 1 aliphatic carbocycles. The molecule has 0 spiro atoms. The standard InChI is InChI=1S/C28H32N4O/c1-4-19-6-5-7-22-20(17-31-27(19)22)12-14-29-24-10-8-21(16-18(24)2)32-25-13-15-30-28-23(25)9-11-26(28)33-3/h5-8,10,13,15-17,26,29,31H,4,9,11-12,14H2,1-3H3,(H,30,32). The van der Waals surface area contributed by atoms with Crippen molar-refractivity contribution in [3.63, 3.8) is 0 Å². The first kappa shape index (κ1) is 21.5. The molecule has 170 valence electrons. The molecular weight excluding hydrogens is 408 g/mol. The first-order valence-corrected chi connectivity index (χ1v) is 11.9. The number of aryl methyl sites for hydroxylation is 2. The number of rotatable bonds is 8. The number of aromatic nitrogens is 2. The number of pyridine rings is 1. The number of methoxy groups -OCH3 is 1. The zero-order chi connectivity index (χ0) is 22.8. The van der Waals surface area contributed by atoms with Crippen LogP contribution >= 0.6 is 0 Å². The summed E-state index contributed by atoms with van der Waals surface area (Å²) in [6.07, 6.45) is 8.16. The van der Waals surface area contributed by atoms with Gasteiger partial charge in [-0.3, -0.25) is 4.98 Å². The minimum atomic E-state index is 0.112. The highest BCUT2D eigenvalue weighted by Crippen LogP contribution is 2.37. The molecular formula is C28H32N4O. The number of nitrogens with one attached hydrogen (secondary N) is 3. The summed E-state index contributed by atoms with van der Waals surface area (Å²) in [7, 11) is 1.76. The van der Waals surface area contributed by atoms with E-state index in [-0.39, 0.29) is 6.10 Å². The highest BCUT2D eigenvalue weighted by atomic mass is 16.5. The third kappa shape index (κ3) is 4.21. The molecule has 1 unspecified atom stereocenters. The van der Waals surface area contributed by atoms with Gasteiger partial charge in [-0.1, -0.05) is 25.1 Å². The van der Waals surface area contributed by atoms with Crippen molar-refractivity contribution in [2.24, 2.45) is 0 Å². The van der Waals surface area contributed by atoms with Gasteiger partial charge in [0.25, 0.3) is 0 Å². The van der Waals surface area contributed by atoms with Crippen molar-refractivity contribution in [1.29, 1.82) is 0 Å². The molecule has 0 bridgehead atoms. The smallest absolute Gasteiger partial charge is 0.0997 e. The molecule has 33 heavy (non-hydrogen) atoms. The van der Waals surface area contributed by atoms with Gasteiger partial charge in [-0.2, -0.15) is 0 Å². The van der Waals surface area contributed by atoms with E-state index in [0.29, 0.717) is 0 Å². The van der Waals surface area contributed by atoms with Crippen LogP contribution in [0.4, 0.5) is 17.1 Å². The van der Waals surface area contributed by atoms with E-state index in [1.165, 1.54) is 38.8 Å². The number of para-hydroxylation sites is 1. The third-order valence-electron chi connectivity index (χ3n) is 6.82. The number of hydrogen-bond donors (Lipinski definition) is 3. The number of aromatic amines is 1. The Kier molecular flexibility index (Phi) is 6.05. The second kappa shape index (κ2) is 9.28. The molecule has 2 heterocycles. The monoisotopic (exact) mass is 440 g/mol. The fourth-order valence-electron chi connectivity index (χ4n) is 5.01. The van der Waals surface area contributed by atoms with Crippen LogP contribution in [-0.4, -0.2) is 23.6 Å². The number of anilines is 3. The van der Waals surface area contributed by atoms with Gasteiger partial charge in [0.1, 0.15) is 0 Å². The topological polar surface area (TPSA) is 62.0 Å². The Bertz CT molecular complexity index is 1280. The van der Waals surface area contributed by atoms with E-state index >= 15 is 0 Å². The predicted molar refractivity (Wildman–Crippen MR) is 137 cm³/mol. The molecule has 2 aromatic carbocycles. The molecule has 1 atom stereocenters. The van der Waals surface area contributed by atoms with Gasteiger partial charge in [0.15, 0.2) is 0 Å². The summed E-state index contributed by atoms with van der Waals surface area (Å²) in [6.45, 7) is 5.26. The molecule has 0 fully saturated rings. The Labute approximate surface area is 195 Å². The molecule has 5 heteroatoms. The maximum atomic E-state index is 5.58. The third-order valence-corrected chi connectivity index (χ3v) is 6.82. The molecule has 0 saturated carbocycles. The van der Waals surface area contributed by atoms with Crippen molar-refractivity contribution in [1.82, 2.24) is 9.97 Å². The molecule has 0 aliphatic heterocycles. The van der Waals surface area contributed by atoms with Crippen LogP contribution in [0.1, 0.15) is 47.4 Å². The zero-order valence-electron chi connectivity index (χ0n) is 19.7. The summed E-state index contributed by atoms with van der Waals surface area (Å²) in [5.74, 6) is 0. The van der Waals surface area contributed by atoms with Crippen LogP contribution in [-0.2, 0) is 24.0 Å². The lowest BCUT2D eigenvalue weighted by atomic mass is 10.1. The molecule has 0 amide bonds. The summed E-state index contributed by atoms with van der Waals surface area (Å²) in [6, 6.07) is 15.2. The second-order valence-electron chi connectivity index (χ2n) is 8.82. The fourth-order valence-corrected chi connectivity index (χ4v) is 5.01. The molecule has 0 saturated heterocycles. The number of nitrogens with zero attached hydrogens (tertiary/aromatic N) is 1. The van der Waals surface area contributed by atoms with E-state index < -0.39 is 0 Å². The largest absolute Gasteiger partial charge is 0.384 e. The Morgan fingerprint density at radius 3 is 2.85 bits per heavy atom. The van der Waals surface area contributed by atoms with Crippen LogP contribution in [0.25, 0.3) is 10.9 Å². The molecule has 1 aliphatic rings. The van der Waals surface area contributed by atoms with Crippen molar-refractivity contribution < 1.29 is 4.74 Å². The van der Waals surface area contributed by atoms with Crippen molar-refractivity contribution in [3.8, 4) is 0 Å². The average Bonchev–Trinajstić information content (AvgIpc) is 3.45. The number of H-pyrrole nitrogens is 1. The molecule has 0 radical (unpaired) electrons. The van der Waals surface area contributed by atoms with Crippen LogP contribution in [0, 0.1) is 6.92 Å². The first-order chi connectivity index (χ1) is 16.2. The maximum Gasteiger partial charge on any atom is 0.0997 e. The molecule has 4 aromatic rings. The quantitative estimate of drug-likeness (QED) is 0.294. The van der Waals surface area contributed by atoms with E-state index in [4.69, 9.17) is 4.74 Å². The van der Waals surface area contributed by atoms with E-state index in [2.05, 4.69) is 83.1 Å². The number of fused-ring (bicyclic) bond motifs is 2. The van der Waals surface area contributed by atoms with Crippen molar-refractivity contribution in [2.75, 3.05) is 24.3 Å². The SMILES string of the molecule is CCc1cccc2c(CCNc3ccc(Nc4ccnc5c4CCC5OC)cc3C)c[nH]c12. The molecule has 5 rings (SSSR count). The number of ether oxygens (including phenoxy) is 1. The second-order valence-corrected chi connectivity index (χ2v) is 8.82. The Balaban J connectivity index is 1.25. The van der Waals surface area contributed by atoms with Crippen molar-refractivity contribution >= 4 is 28.0 Å². The highest BCUT2D eigenvalue weighted by molar-refractivity contribution is 5.86. The van der Waals surface area contributed by atoms with Gasteiger partial charge in [-0.15, -0.1) is 0 Å². The van der Waals surface area contributed by atoms with Gasteiger partial charge in [0.05, 0.1) is 11.8 Å². The van der Waals surface area contributed by atoms with Crippen LogP contribution in [0.5, 0.6) is 0 Å². The lowest BCUT2D eigenvalue weighted by molar-refractivity contribution is 0.102. The summed E-state index contributed by atoms with van der Waals surface area (Å²) >= 11 is 0. The molecule has 2 aromatic heterocycles. The van der Waals surface area contributed by atoms with Crippen LogP contribution in [0.2, 0.25) is 0 Å². The van der Waals surface area contributed by atoms with E-state index in [0.717, 1.165) is 49.3 Å². The first-order valence-electron chi connectivity index (χ1n) is 11.9. The maximum absolute atomic E-state index is 5.58. The summed E-state index contributed by atoms with van der Waals surface area (Å²) < 4.78 is 5.58. The Hall–Kier alpha value is -3.31. The lowest BCUT2D eigenvalue weighted by Crippen LogP contribution is -2.06. The Morgan fingerprint density at radius 1 is 1.12 bits per heavy atom. The number of hydrogen-bond acceptors (Lipinski definition) is 4. The van der Waals surface area contributed by atoms with Crippen LogP contribution in [0.3, 0.4) is 0 Å². The zero-order valence-corrected chi connectivity index (χ0v) is 19.7. The highest BCUT2D eigenvalue weighted by Gasteiger charge is 2.25. The fraction of sp³-hybridized carbons (Fsp3) is 0.321. The van der Waals surface area contributed by atoms with Gasteiger partial charge < -0.3 is 20.4 Å². The van der Waals surface area contributed by atoms with Crippen LogP contribution < -0.4 is 10.6 Å².